The van der Waals surface area contributed by atoms with Crippen molar-refractivity contribution >= 4 is 0 Å². The molecule has 2 atom stereocenters. The molecule has 0 radical (unpaired) electrons. The molecule has 0 spiro atoms. The molecule has 0 aromatic heterocycles. The highest BCUT2D eigenvalue weighted by molar-refractivity contribution is 5.38. The number of hydrogen-bond acceptors (Lipinski definition) is 4. The maximum absolute atomic E-state index is 10.2. The van der Waals surface area contributed by atoms with Gasteiger partial charge in [0.2, 0.25) is 0 Å². The summed E-state index contributed by atoms with van der Waals surface area (Å²) in [5, 5.41) is 13.6. The second-order valence-electron chi connectivity index (χ2n) is 5.37. The van der Waals surface area contributed by atoms with Crippen LogP contribution in [-0.2, 0) is 4.74 Å². The van der Waals surface area contributed by atoms with Crippen LogP contribution in [0.25, 0.3) is 0 Å². The molecule has 4 heteroatoms. The van der Waals surface area contributed by atoms with Crippen LogP contribution in [0.4, 0.5) is 0 Å². The Hall–Kier alpha value is -1.10. The van der Waals surface area contributed by atoms with Crippen LogP contribution in [-0.4, -0.2) is 37.6 Å². The number of aliphatic hydroxyl groups is 1. The molecule has 1 fully saturated rings. The molecule has 1 heterocycles. The SMILES string of the molecule is COc1ccc(C)cc1[C@H](C)NC[C@@]1(O)CCOC1. The summed E-state index contributed by atoms with van der Waals surface area (Å²) in [4.78, 5) is 0. The summed E-state index contributed by atoms with van der Waals surface area (Å²) in [6.45, 7) is 5.73. The van der Waals surface area contributed by atoms with Gasteiger partial charge >= 0.3 is 0 Å². The molecule has 1 aromatic rings. The van der Waals surface area contributed by atoms with Gasteiger partial charge in [0.15, 0.2) is 0 Å². The second-order valence-corrected chi connectivity index (χ2v) is 5.37. The average Bonchev–Trinajstić information content (AvgIpc) is 2.83. The molecule has 0 amide bonds. The first-order valence-corrected chi connectivity index (χ1v) is 6.72. The van der Waals surface area contributed by atoms with Gasteiger partial charge in [0.1, 0.15) is 11.4 Å². The van der Waals surface area contributed by atoms with Crippen molar-refractivity contribution in [1.29, 1.82) is 0 Å². The van der Waals surface area contributed by atoms with Crippen LogP contribution in [0.5, 0.6) is 5.75 Å². The maximum Gasteiger partial charge on any atom is 0.123 e. The number of ether oxygens (including phenoxy) is 2. The monoisotopic (exact) mass is 265 g/mol. The highest BCUT2D eigenvalue weighted by Gasteiger charge is 2.32. The first-order valence-electron chi connectivity index (χ1n) is 6.72. The maximum atomic E-state index is 10.2. The molecule has 106 valence electrons. The van der Waals surface area contributed by atoms with Crippen molar-refractivity contribution in [3.05, 3.63) is 29.3 Å². The predicted octanol–water partition coefficient (Wildman–Crippen LogP) is 1.81. The van der Waals surface area contributed by atoms with E-state index in [0.29, 0.717) is 26.2 Å². The number of rotatable bonds is 5. The standard InChI is InChI=1S/C15H23NO3/c1-11-4-5-14(18-3)13(8-11)12(2)16-9-15(17)6-7-19-10-15/h4-5,8,12,16-17H,6-7,9-10H2,1-3H3/t12-,15-/m0/s1. The van der Waals surface area contributed by atoms with E-state index < -0.39 is 5.60 Å². The Morgan fingerprint density at radius 1 is 1.53 bits per heavy atom. The fraction of sp³-hybridized carbons (Fsp3) is 0.600. The van der Waals surface area contributed by atoms with Gasteiger partial charge in [0.05, 0.1) is 13.7 Å². The Morgan fingerprint density at radius 3 is 2.95 bits per heavy atom. The van der Waals surface area contributed by atoms with E-state index in [0.717, 1.165) is 11.3 Å². The summed E-state index contributed by atoms with van der Waals surface area (Å²) >= 11 is 0. The van der Waals surface area contributed by atoms with E-state index in [9.17, 15) is 5.11 Å². The third-order valence-electron chi connectivity index (χ3n) is 3.67. The predicted molar refractivity (Wildman–Crippen MR) is 74.5 cm³/mol. The van der Waals surface area contributed by atoms with Gasteiger partial charge in [-0.25, -0.2) is 0 Å². The van der Waals surface area contributed by atoms with Gasteiger partial charge in [-0.05, 0) is 19.9 Å². The zero-order valence-electron chi connectivity index (χ0n) is 11.9. The fourth-order valence-electron chi connectivity index (χ4n) is 2.38. The quantitative estimate of drug-likeness (QED) is 0.852. The Labute approximate surface area is 114 Å². The van der Waals surface area contributed by atoms with E-state index >= 15 is 0 Å². The van der Waals surface area contributed by atoms with Crippen LogP contribution < -0.4 is 10.1 Å². The smallest absolute Gasteiger partial charge is 0.123 e. The molecule has 1 saturated heterocycles. The lowest BCUT2D eigenvalue weighted by atomic mass is 10.0. The van der Waals surface area contributed by atoms with Gasteiger partial charge in [0, 0.05) is 31.2 Å². The van der Waals surface area contributed by atoms with E-state index in [2.05, 4.69) is 25.2 Å². The molecule has 19 heavy (non-hydrogen) atoms. The topological polar surface area (TPSA) is 50.7 Å². The Bertz CT molecular complexity index is 427. The van der Waals surface area contributed by atoms with Crippen LogP contribution >= 0.6 is 0 Å². The third kappa shape index (κ3) is 3.47. The van der Waals surface area contributed by atoms with Crippen molar-refractivity contribution < 1.29 is 14.6 Å². The Morgan fingerprint density at radius 2 is 2.32 bits per heavy atom. The molecule has 1 aliphatic rings. The van der Waals surface area contributed by atoms with Gasteiger partial charge in [-0.3, -0.25) is 0 Å². The van der Waals surface area contributed by atoms with E-state index in [1.165, 1.54) is 5.56 Å². The van der Waals surface area contributed by atoms with E-state index in [4.69, 9.17) is 9.47 Å². The van der Waals surface area contributed by atoms with Crippen LogP contribution in [0.1, 0.15) is 30.5 Å². The minimum atomic E-state index is -0.731. The van der Waals surface area contributed by atoms with Gasteiger partial charge in [-0.1, -0.05) is 17.7 Å². The van der Waals surface area contributed by atoms with Crippen LogP contribution in [0, 0.1) is 6.92 Å². The van der Waals surface area contributed by atoms with Gasteiger partial charge < -0.3 is 19.9 Å². The molecule has 0 aliphatic carbocycles. The lowest BCUT2D eigenvalue weighted by molar-refractivity contribution is 0.0251. The van der Waals surface area contributed by atoms with Gasteiger partial charge in [0.25, 0.3) is 0 Å². The lowest BCUT2D eigenvalue weighted by Crippen LogP contribution is -2.41. The summed E-state index contributed by atoms with van der Waals surface area (Å²) in [5.41, 5.74) is 1.59. The summed E-state index contributed by atoms with van der Waals surface area (Å²) < 4.78 is 10.6. The second kappa shape index (κ2) is 5.90. The van der Waals surface area contributed by atoms with Crippen molar-refractivity contribution in [1.82, 2.24) is 5.32 Å². The van der Waals surface area contributed by atoms with Crippen LogP contribution in [0.2, 0.25) is 0 Å². The first kappa shape index (κ1) is 14.3. The molecular formula is C15H23NO3. The van der Waals surface area contributed by atoms with Crippen LogP contribution in [0.3, 0.4) is 0 Å². The first-order chi connectivity index (χ1) is 9.04. The van der Waals surface area contributed by atoms with Gasteiger partial charge in [-0.15, -0.1) is 0 Å². The summed E-state index contributed by atoms with van der Waals surface area (Å²) in [6, 6.07) is 6.26. The van der Waals surface area contributed by atoms with Crippen molar-refractivity contribution in [3.63, 3.8) is 0 Å². The number of hydrogen-bond donors (Lipinski definition) is 2. The molecule has 2 N–H and O–H groups in total. The molecule has 2 rings (SSSR count). The lowest BCUT2D eigenvalue weighted by Gasteiger charge is -2.25. The average molecular weight is 265 g/mol. The summed E-state index contributed by atoms with van der Waals surface area (Å²) in [6.07, 6.45) is 0.692. The van der Waals surface area contributed by atoms with E-state index in [-0.39, 0.29) is 6.04 Å². The molecule has 0 bridgehead atoms. The highest BCUT2D eigenvalue weighted by Crippen LogP contribution is 2.27. The minimum Gasteiger partial charge on any atom is -0.496 e. The van der Waals surface area contributed by atoms with Crippen molar-refractivity contribution in [2.45, 2.75) is 31.9 Å². The van der Waals surface area contributed by atoms with E-state index in [1.54, 1.807) is 7.11 Å². The molecular weight excluding hydrogens is 242 g/mol. The van der Waals surface area contributed by atoms with Crippen molar-refractivity contribution in [2.24, 2.45) is 0 Å². The van der Waals surface area contributed by atoms with Crippen LogP contribution in [0.15, 0.2) is 18.2 Å². The highest BCUT2D eigenvalue weighted by atomic mass is 16.5. The molecule has 1 aliphatic heterocycles. The molecule has 1 aromatic carbocycles. The summed E-state index contributed by atoms with van der Waals surface area (Å²) in [7, 11) is 1.68. The van der Waals surface area contributed by atoms with Gasteiger partial charge in [-0.2, -0.15) is 0 Å². The zero-order valence-corrected chi connectivity index (χ0v) is 11.9. The molecule has 0 unspecified atom stereocenters. The minimum absolute atomic E-state index is 0.125. The summed E-state index contributed by atoms with van der Waals surface area (Å²) in [5.74, 6) is 0.875. The largest absolute Gasteiger partial charge is 0.496 e. The number of benzene rings is 1. The number of aryl methyl sites for hydroxylation is 1. The Kier molecular flexibility index (Phi) is 4.45. The number of nitrogens with one attached hydrogen (secondary N) is 1. The Balaban J connectivity index is 2.03. The molecule has 0 saturated carbocycles. The van der Waals surface area contributed by atoms with Crippen molar-refractivity contribution in [2.75, 3.05) is 26.9 Å². The number of methoxy groups -OCH3 is 1. The normalized spacial score (nSPS) is 24.4. The van der Waals surface area contributed by atoms with E-state index in [1.807, 2.05) is 12.1 Å². The van der Waals surface area contributed by atoms with Crippen molar-refractivity contribution in [3.8, 4) is 5.75 Å². The zero-order chi connectivity index (χ0) is 13.9. The third-order valence-corrected chi connectivity index (χ3v) is 3.67. The molecule has 4 nitrogen and oxygen atoms in total. The fourth-order valence-corrected chi connectivity index (χ4v) is 2.38.